The van der Waals surface area contributed by atoms with Crippen molar-refractivity contribution in [3.8, 4) is 11.6 Å². The molecule has 0 amide bonds. The number of hydrogen-bond acceptors (Lipinski definition) is 6. The van der Waals surface area contributed by atoms with E-state index in [0.717, 1.165) is 6.26 Å². The van der Waals surface area contributed by atoms with Crippen molar-refractivity contribution in [1.82, 2.24) is 9.78 Å². The second-order valence-electron chi connectivity index (χ2n) is 5.94. The molecule has 1 heterocycles. The van der Waals surface area contributed by atoms with E-state index in [-0.39, 0.29) is 22.0 Å². The van der Waals surface area contributed by atoms with Gasteiger partial charge in [-0.05, 0) is 39.3 Å². The van der Waals surface area contributed by atoms with Gasteiger partial charge >= 0.3 is 0 Å². The van der Waals surface area contributed by atoms with Gasteiger partial charge in [-0.15, -0.1) is 0 Å². The molecular weight excluding hydrogens is 356 g/mol. The highest BCUT2D eigenvalue weighted by Crippen LogP contribution is 2.35. The number of methoxy groups -OCH3 is 1. The lowest BCUT2D eigenvalue weighted by molar-refractivity contribution is 0.103. The number of carbonyl (C=O) groups is 1. The maximum Gasteiger partial charge on any atom is 0.223 e. The molecule has 0 bridgehead atoms. The van der Waals surface area contributed by atoms with Crippen LogP contribution in [-0.4, -0.2) is 44.0 Å². The quantitative estimate of drug-likeness (QED) is 0.686. The van der Waals surface area contributed by atoms with Gasteiger partial charge in [-0.1, -0.05) is 0 Å². The zero-order valence-corrected chi connectivity index (χ0v) is 16.7. The summed E-state index contributed by atoms with van der Waals surface area (Å²) in [5, 5.41) is 4.19. The largest absolute Gasteiger partial charge is 0.496 e. The first-order valence-corrected chi connectivity index (χ1v) is 10.2. The number of aromatic nitrogens is 2. The molecule has 2 aromatic rings. The second kappa shape index (κ2) is 7.49. The molecule has 0 saturated carbocycles. The highest BCUT2D eigenvalue weighted by molar-refractivity contribution is 7.90. The van der Waals surface area contributed by atoms with Crippen molar-refractivity contribution in [3.63, 3.8) is 0 Å². The third kappa shape index (κ3) is 3.46. The number of rotatable bonds is 7. The molecule has 0 atom stereocenters. The summed E-state index contributed by atoms with van der Waals surface area (Å²) < 4.78 is 36.8. The molecular formula is C18H24N2O5S. The van der Waals surface area contributed by atoms with Crippen LogP contribution >= 0.6 is 0 Å². The zero-order chi connectivity index (χ0) is 19.6. The Balaban J connectivity index is 2.70. The Labute approximate surface area is 153 Å². The lowest BCUT2D eigenvalue weighted by atomic mass is 9.99. The van der Waals surface area contributed by atoms with Crippen LogP contribution in [0.15, 0.2) is 17.2 Å². The molecule has 8 heteroatoms. The number of ether oxygens (including phenoxy) is 2. The smallest absolute Gasteiger partial charge is 0.223 e. The minimum Gasteiger partial charge on any atom is -0.496 e. The first kappa shape index (κ1) is 20.0. The third-order valence-corrected chi connectivity index (χ3v) is 5.45. The predicted molar refractivity (Wildman–Crippen MR) is 98.1 cm³/mol. The van der Waals surface area contributed by atoms with E-state index in [1.165, 1.54) is 13.3 Å². The predicted octanol–water partition coefficient (Wildman–Crippen LogP) is 2.56. The lowest BCUT2D eigenvalue weighted by Gasteiger charge is -2.16. The summed E-state index contributed by atoms with van der Waals surface area (Å²) in [5.41, 5.74) is 1.51. The molecule has 0 saturated heterocycles. The molecule has 0 N–H and O–H groups in total. The molecule has 0 radical (unpaired) electrons. The fraction of sp³-hybridized carbons (Fsp3) is 0.444. The minimum absolute atomic E-state index is 0.181. The van der Waals surface area contributed by atoms with Crippen LogP contribution in [0.5, 0.6) is 11.6 Å². The molecule has 7 nitrogen and oxygen atoms in total. The number of carbonyl (C=O) groups excluding carboxylic acids is 1. The first-order chi connectivity index (χ1) is 12.2. The van der Waals surface area contributed by atoms with Crippen LogP contribution in [0.1, 0.15) is 40.9 Å². The number of hydrogen-bond donors (Lipinski definition) is 0. The van der Waals surface area contributed by atoms with Gasteiger partial charge in [0.05, 0.1) is 30.4 Å². The fourth-order valence-corrected chi connectivity index (χ4v) is 4.43. The van der Waals surface area contributed by atoms with Crippen LogP contribution in [0.4, 0.5) is 0 Å². The second-order valence-corrected chi connectivity index (χ2v) is 7.89. The van der Waals surface area contributed by atoms with Crippen molar-refractivity contribution in [2.45, 2.75) is 39.1 Å². The van der Waals surface area contributed by atoms with Crippen LogP contribution in [0.2, 0.25) is 0 Å². The molecule has 1 aromatic heterocycles. The van der Waals surface area contributed by atoms with Gasteiger partial charge in [-0.2, -0.15) is 5.10 Å². The van der Waals surface area contributed by atoms with E-state index in [1.54, 1.807) is 24.6 Å². The Kier molecular flexibility index (Phi) is 5.75. The first-order valence-electron chi connectivity index (χ1n) is 8.28. The summed E-state index contributed by atoms with van der Waals surface area (Å²) in [7, 11) is -2.04. The average Bonchev–Trinajstić information content (AvgIpc) is 2.95. The van der Waals surface area contributed by atoms with Crippen LogP contribution < -0.4 is 9.47 Å². The van der Waals surface area contributed by atoms with Crippen molar-refractivity contribution in [2.75, 3.05) is 20.0 Å². The Morgan fingerprint density at radius 1 is 1.23 bits per heavy atom. The normalized spacial score (nSPS) is 11.5. The number of ketones is 1. The van der Waals surface area contributed by atoms with Crippen molar-refractivity contribution < 1.29 is 22.7 Å². The average molecular weight is 380 g/mol. The molecule has 1 aromatic carbocycles. The minimum atomic E-state index is -3.45. The topological polar surface area (TPSA) is 87.5 Å². The van der Waals surface area contributed by atoms with Crippen molar-refractivity contribution >= 4 is 15.6 Å². The Morgan fingerprint density at radius 2 is 1.88 bits per heavy atom. The molecule has 0 fully saturated rings. The van der Waals surface area contributed by atoms with Gasteiger partial charge in [0.1, 0.15) is 11.3 Å². The Morgan fingerprint density at radius 3 is 2.38 bits per heavy atom. The van der Waals surface area contributed by atoms with Crippen LogP contribution in [0.3, 0.4) is 0 Å². The standard InChI is InChI=1S/C18H24N2O5S/c1-7-20-18(25-8-2)14(10-19-20)15(21)13-9-11(3)17(26(6,22)23)12(4)16(13)24-5/h9-10H,7-8H2,1-6H3. The number of sulfone groups is 1. The maximum atomic E-state index is 13.2. The number of benzene rings is 1. The molecule has 0 aliphatic rings. The van der Waals surface area contributed by atoms with Crippen LogP contribution in [-0.2, 0) is 16.4 Å². The van der Waals surface area contributed by atoms with Gasteiger partial charge in [-0.25, -0.2) is 13.1 Å². The summed E-state index contributed by atoms with van der Waals surface area (Å²) in [6, 6.07) is 1.55. The molecule has 26 heavy (non-hydrogen) atoms. The van der Waals surface area contributed by atoms with E-state index in [9.17, 15) is 13.2 Å². The highest BCUT2D eigenvalue weighted by Gasteiger charge is 2.27. The molecule has 0 aliphatic heterocycles. The van der Waals surface area contributed by atoms with Gasteiger partial charge in [0.15, 0.2) is 9.84 Å². The molecule has 0 spiro atoms. The number of nitrogens with zero attached hydrogens (tertiary/aromatic N) is 2. The summed E-state index contributed by atoms with van der Waals surface area (Å²) in [5.74, 6) is 0.313. The highest BCUT2D eigenvalue weighted by atomic mass is 32.2. The molecule has 0 aliphatic carbocycles. The van der Waals surface area contributed by atoms with E-state index in [1.807, 2.05) is 13.8 Å². The zero-order valence-electron chi connectivity index (χ0n) is 15.9. The molecule has 0 unspecified atom stereocenters. The van der Waals surface area contributed by atoms with E-state index < -0.39 is 9.84 Å². The lowest BCUT2D eigenvalue weighted by Crippen LogP contribution is -2.12. The maximum absolute atomic E-state index is 13.2. The van der Waals surface area contributed by atoms with Crippen molar-refractivity contribution in [3.05, 3.63) is 34.5 Å². The van der Waals surface area contributed by atoms with Crippen molar-refractivity contribution in [1.29, 1.82) is 0 Å². The molecule has 2 rings (SSSR count). The van der Waals surface area contributed by atoms with Crippen LogP contribution in [0.25, 0.3) is 0 Å². The van der Waals surface area contributed by atoms with Gasteiger partial charge in [0.25, 0.3) is 0 Å². The fourth-order valence-electron chi connectivity index (χ4n) is 3.14. The van der Waals surface area contributed by atoms with E-state index in [0.29, 0.717) is 35.7 Å². The Bertz CT molecular complexity index is 945. The summed E-state index contributed by atoms with van der Waals surface area (Å²) in [6.45, 7) is 7.99. The van der Waals surface area contributed by atoms with Crippen molar-refractivity contribution in [2.24, 2.45) is 0 Å². The SMILES string of the molecule is CCOc1c(C(=O)c2cc(C)c(S(C)(=O)=O)c(C)c2OC)cnn1CC. The summed E-state index contributed by atoms with van der Waals surface area (Å²) >= 11 is 0. The monoisotopic (exact) mass is 380 g/mol. The number of aryl methyl sites for hydroxylation is 2. The molecule has 142 valence electrons. The van der Waals surface area contributed by atoms with E-state index in [4.69, 9.17) is 9.47 Å². The third-order valence-electron chi connectivity index (χ3n) is 4.08. The van der Waals surface area contributed by atoms with Gasteiger partial charge in [0.2, 0.25) is 11.7 Å². The van der Waals surface area contributed by atoms with Gasteiger partial charge in [-0.3, -0.25) is 4.79 Å². The Hall–Kier alpha value is -2.35. The van der Waals surface area contributed by atoms with Crippen LogP contribution in [0, 0.1) is 13.8 Å². The summed E-state index contributed by atoms with van der Waals surface area (Å²) in [4.78, 5) is 13.3. The summed E-state index contributed by atoms with van der Waals surface area (Å²) in [6.07, 6.45) is 2.60. The van der Waals surface area contributed by atoms with Gasteiger partial charge in [0, 0.05) is 18.4 Å². The van der Waals surface area contributed by atoms with Gasteiger partial charge < -0.3 is 9.47 Å². The van der Waals surface area contributed by atoms with E-state index in [2.05, 4.69) is 5.10 Å². The van der Waals surface area contributed by atoms with E-state index >= 15 is 0 Å².